The van der Waals surface area contributed by atoms with Crippen molar-refractivity contribution in [1.29, 1.82) is 0 Å². The van der Waals surface area contributed by atoms with Gasteiger partial charge in [-0.05, 0) is 48.4 Å². The SMILES string of the molecule is CCN(Cc1ccccc1)c1ccc(C=NNc2cccc(C(=O)O)c2)cc1. The van der Waals surface area contributed by atoms with Gasteiger partial charge in [-0.2, -0.15) is 5.10 Å². The minimum absolute atomic E-state index is 0.225. The highest BCUT2D eigenvalue weighted by atomic mass is 16.4. The van der Waals surface area contributed by atoms with Gasteiger partial charge in [0.05, 0.1) is 17.5 Å². The van der Waals surface area contributed by atoms with E-state index in [4.69, 9.17) is 5.11 Å². The van der Waals surface area contributed by atoms with Crippen molar-refractivity contribution < 1.29 is 9.90 Å². The van der Waals surface area contributed by atoms with Crippen LogP contribution in [0.25, 0.3) is 0 Å². The van der Waals surface area contributed by atoms with Crippen LogP contribution in [0, 0.1) is 0 Å². The Morgan fingerprint density at radius 2 is 1.79 bits per heavy atom. The summed E-state index contributed by atoms with van der Waals surface area (Å²) in [5, 5.41) is 13.2. The molecule has 0 radical (unpaired) electrons. The summed E-state index contributed by atoms with van der Waals surface area (Å²) in [5.41, 5.74) is 7.12. The van der Waals surface area contributed by atoms with Crippen molar-refractivity contribution in [1.82, 2.24) is 0 Å². The fourth-order valence-electron chi connectivity index (χ4n) is 2.86. The Balaban J connectivity index is 1.62. The van der Waals surface area contributed by atoms with Crippen LogP contribution in [0.5, 0.6) is 0 Å². The Morgan fingerprint density at radius 3 is 2.46 bits per heavy atom. The third-order valence-electron chi connectivity index (χ3n) is 4.37. The van der Waals surface area contributed by atoms with Gasteiger partial charge in [-0.15, -0.1) is 0 Å². The maximum Gasteiger partial charge on any atom is 0.335 e. The summed E-state index contributed by atoms with van der Waals surface area (Å²) in [6, 6.07) is 25.2. The van der Waals surface area contributed by atoms with Crippen molar-refractivity contribution in [2.45, 2.75) is 13.5 Å². The topological polar surface area (TPSA) is 64.9 Å². The first kappa shape index (κ1) is 19.2. The number of benzene rings is 3. The maximum absolute atomic E-state index is 11.0. The number of carboxylic acids is 1. The van der Waals surface area contributed by atoms with Gasteiger partial charge in [0.2, 0.25) is 0 Å². The van der Waals surface area contributed by atoms with Crippen molar-refractivity contribution in [3.63, 3.8) is 0 Å². The van der Waals surface area contributed by atoms with Gasteiger partial charge in [0, 0.05) is 18.8 Å². The second-order valence-corrected chi connectivity index (χ2v) is 6.35. The molecule has 0 spiro atoms. The molecule has 0 amide bonds. The Kier molecular flexibility index (Phi) is 6.41. The molecule has 0 aliphatic rings. The van der Waals surface area contributed by atoms with Crippen molar-refractivity contribution in [2.75, 3.05) is 16.9 Å². The van der Waals surface area contributed by atoms with Gasteiger partial charge in [-0.1, -0.05) is 48.5 Å². The minimum Gasteiger partial charge on any atom is -0.478 e. The van der Waals surface area contributed by atoms with Gasteiger partial charge in [-0.3, -0.25) is 5.43 Å². The zero-order chi connectivity index (χ0) is 19.8. The van der Waals surface area contributed by atoms with Crippen molar-refractivity contribution >= 4 is 23.6 Å². The van der Waals surface area contributed by atoms with Crippen LogP contribution in [-0.2, 0) is 6.54 Å². The molecule has 0 saturated carbocycles. The molecule has 0 fully saturated rings. The van der Waals surface area contributed by atoms with Gasteiger partial charge < -0.3 is 10.0 Å². The summed E-state index contributed by atoms with van der Waals surface area (Å²) < 4.78 is 0. The van der Waals surface area contributed by atoms with Gasteiger partial charge >= 0.3 is 5.97 Å². The quantitative estimate of drug-likeness (QED) is 0.437. The molecule has 0 bridgehead atoms. The van der Waals surface area contributed by atoms with Crippen LogP contribution >= 0.6 is 0 Å². The van der Waals surface area contributed by atoms with Crippen LogP contribution in [0.4, 0.5) is 11.4 Å². The predicted molar refractivity (Wildman–Crippen MR) is 114 cm³/mol. The van der Waals surface area contributed by atoms with E-state index in [-0.39, 0.29) is 5.56 Å². The van der Waals surface area contributed by atoms with E-state index in [0.717, 1.165) is 24.3 Å². The van der Waals surface area contributed by atoms with Crippen molar-refractivity contribution in [3.05, 3.63) is 95.6 Å². The number of nitrogens with one attached hydrogen (secondary N) is 1. The molecule has 3 aromatic carbocycles. The van der Waals surface area contributed by atoms with Gasteiger partial charge in [0.25, 0.3) is 0 Å². The summed E-state index contributed by atoms with van der Waals surface area (Å²) in [6.07, 6.45) is 1.71. The van der Waals surface area contributed by atoms with E-state index in [1.807, 2.05) is 18.2 Å². The molecule has 0 aliphatic carbocycles. The fraction of sp³-hybridized carbons (Fsp3) is 0.130. The van der Waals surface area contributed by atoms with Gasteiger partial charge in [-0.25, -0.2) is 4.79 Å². The van der Waals surface area contributed by atoms with Crippen LogP contribution in [-0.4, -0.2) is 23.8 Å². The molecule has 0 aromatic heterocycles. The fourth-order valence-corrected chi connectivity index (χ4v) is 2.86. The Bertz CT molecular complexity index is 938. The maximum atomic E-state index is 11.0. The number of aromatic carboxylic acids is 1. The van der Waals surface area contributed by atoms with Crippen LogP contribution in [0.3, 0.4) is 0 Å². The van der Waals surface area contributed by atoms with E-state index in [1.54, 1.807) is 30.5 Å². The molecule has 0 unspecified atom stereocenters. The zero-order valence-electron chi connectivity index (χ0n) is 15.7. The lowest BCUT2D eigenvalue weighted by Gasteiger charge is -2.23. The van der Waals surface area contributed by atoms with Crippen LogP contribution in [0.2, 0.25) is 0 Å². The van der Waals surface area contributed by atoms with E-state index in [0.29, 0.717) is 5.69 Å². The van der Waals surface area contributed by atoms with E-state index in [2.05, 4.69) is 58.7 Å². The molecule has 0 heterocycles. The van der Waals surface area contributed by atoms with Crippen molar-refractivity contribution in [2.24, 2.45) is 5.10 Å². The number of carbonyl (C=O) groups is 1. The summed E-state index contributed by atoms with van der Waals surface area (Å²) in [6.45, 7) is 3.93. The molecular formula is C23H23N3O2. The zero-order valence-corrected chi connectivity index (χ0v) is 15.7. The normalized spacial score (nSPS) is 10.8. The number of rotatable bonds is 8. The third kappa shape index (κ3) is 5.20. The highest BCUT2D eigenvalue weighted by Crippen LogP contribution is 2.18. The van der Waals surface area contributed by atoms with Gasteiger partial charge in [0.1, 0.15) is 0 Å². The average Bonchev–Trinajstić information content (AvgIpc) is 2.73. The van der Waals surface area contributed by atoms with Gasteiger partial charge in [0.15, 0.2) is 0 Å². The molecular weight excluding hydrogens is 350 g/mol. The molecule has 5 heteroatoms. The lowest BCUT2D eigenvalue weighted by molar-refractivity contribution is 0.0697. The molecule has 0 aliphatic heterocycles. The monoisotopic (exact) mass is 373 g/mol. The van der Waals surface area contributed by atoms with Crippen molar-refractivity contribution in [3.8, 4) is 0 Å². The third-order valence-corrected chi connectivity index (χ3v) is 4.37. The molecule has 0 saturated heterocycles. The van der Waals surface area contributed by atoms with E-state index < -0.39 is 5.97 Å². The highest BCUT2D eigenvalue weighted by molar-refractivity contribution is 5.89. The molecule has 3 aromatic rings. The lowest BCUT2D eigenvalue weighted by atomic mass is 10.1. The van der Waals surface area contributed by atoms with Crippen LogP contribution in [0.1, 0.15) is 28.4 Å². The Hall–Kier alpha value is -3.60. The standard InChI is InChI=1S/C23H23N3O2/c1-2-26(17-19-7-4-3-5-8-19)22-13-11-18(12-14-22)16-24-25-21-10-6-9-20(15-21)23(27)28/h3-16,25H,2,17H2,1H3,(H,27,28). The second-order valence-electron chi connectivity index (χ2n) is 6.35. The number of hydrogen-bond acceptors (Lipinski definition) is 4. The molecule has 28 heavy (non-hydrogen) atoms. The summed E-state index contributed by atoms with van der Waals surface area (Å²) in [7, 11) is 0. The first-order valence-corrected chi connectivity index (χ1v) is 9.17. The summed E-state index contributed by atoms with van der Waals surface area (Å²) in [4.78, 5) is 13.3. The minimum atomic E-state index is -0.959. The summed E-state index contributed by atoms with van der Waals surface area (Å²) >= 11 is 0. The smallest absolute Gasteiger partial charge is 0.335 e. The molecule has 5 nitrogen and oxygen atoms in total. The number of nitrogens with zero attached hydrogens (tertiary/aromatic N) is 2. The first-order valence-electron chi connectivity index (χ1n) is 9.17. The highest BCUT2D eigenvalue weighted by Gasteiger charge is 2.05. The number of anilines is 2. The number of carboxylic acid groups (broad SMARTS) is 1. The molecule has 3 rings (SSSR count). The van der Waals surface area contributed by atoms with E-state index in [1.165, 1.54) is 5.56 Å². The molecule has 0 atom stereocenters. The second kappa shape index (κ2) is 9.37. The first-order chi connectivity index (χ1) is 13.7. The predicted octanol–water partition coefficient (Wildman–Crippen LogP) is 4.86. The van der Waals surface area contributed by atoms with E-state index in [9.17, 15) is 4.79 Å². The Morgan fingerprint density at radius 1 is 1.04 bits per heavy atom. The number of hydrogen-bond donors (Lipinski definition) is 2. The van der Waals surface area contributed by atoms with E-state index >= 15 is 0 Å². The Labute approximate surface area is 165 Å². The number of hydrazone groups is 1. The summed E-state index contributed by atoms with van der Waals surface area (Å²) in [5.74, 6) is -0.959. The van der Waals surface area contributed by atoms with Crippen LogP contribution < -0.4 is 10.3 Å². The molecule has 2 N–H and O–H groups in total. The largest absolute Gasteiger partial charge is 0.478 e. The average molecular weight is 373 g/mol. The van der Waals surface area contributed by atoms with Crippen LogP contribution in [0.15, 0.2) is 84.0 Å². The molecule has 142 valence electrons. The lowest BCUT2D eigenvalue weighted by Crippen LogP contribution is -2.21.